The molecule has 0 amide bonds. The van der Waals surface area contributed by atoms with Crippen LogP contribution in [0.25, 0.3) is 0 Å². The number of aryl methyl sites for hydroxylation is 1. The van der Waals surface area contributed by atoms with E-state index in [1.54, 1.807) is 25.1 Å². The first-order valence-corrected chi connectivity index (χ1v) is 6.45. The van der Waals surface area contributed by atoms with Crippen molar-refractivity contribution >= 4 is 10.0 Å². The Kier molecular flexibility index (Phi) is 4.88. The second-order valence-corrected chi connectivity index (χ2v) is 5.16. The molecule has 0 unspecified atom stereocenters. The summed E-state index contributed by atoms with van der Waals surface area (Å²) < 4.78 is 31.3. The summed E-state index contributed by atoms with van der Waals surface area (Å²) >= 11 is 0. The number of nitrogens with one attached hydrogen (secondary N) is 1. The quantitative estimate of drug-likeness (QED) is 0.562. The Morgan fingerprint density at radius 3 is 2.71 bits per heavy atom. The molecule has 0 spiro atoms. The summed E-state index contributed by atoms with van der Waals surface area (Å²) in [7, 11) is -2.19. The van der Waals surface area contributed by atoms with Crippen LogP contribution in [0.2, 0.25) is 0 Å². The molecule has 0 aromatic heterocycles. The highest BCUT2D eigenvalue weighted by Crippen LogP contribution is 2.24. The van der Waals surface area contributed by atoms with Crippen molar-refractivity contribution in [2.24, 2.45) is 5.90 Å². The molecule has 0 fully saturated rings. The molecule has 7 heteroatoms. The van der Waals surface area contributed by atoms with E-state index in [2.05, 4.69) is 9.56 Å². The Bertz CT molecular complexity index is 473. The van der Waals surface area contributed by atoms with Gasteiger partial charge in [-0.05, 0) is 24.6 Å². The zero-order chi connectivity index (χ0) is 12.9. The minimum absolute atomic E-state index is 0.105. The van der Waals surface area contributed by atoms with Crippen LogP contribution >= 0.6 is 0 Å². The van der Waals surface area contributed by atoms with E-state index in [4.69, 9.17) is 10.6 Å². The summed E-state index contributed by atoms with van der Waals surface area (Å²) in [4.78, 5) is 4.40. The van der Waals surface area contributed by atoms with Crippen LogP contribution < -0.4 is 15.4 Å². The van der Waals surface area contributed by atoms with Crippen LogP contribution in [0, 0.1) is 6.92 Å². The predicted molar refractivity (Wildman–Crippen MR) is 63.1 cm³/mol. The van der Waals surface area contributed by atoms with Crippen LogP contribution in [-0.4, -0.2) is 28.7 Å². The van der Waals surface area contributed by atoms with E-state index < -0.39 is 10.0 Å². The Balaban J connectivity index is 3.00. The van der Waals surface area contributed by atoms with Crippen LogP contribution in [0.1, 0.15) is 5.56 Å². The average Bonchev–Trinajstić information content (AvgIpc) is 2.29. The molecule has 0 saturated carbocycles. The van der Waals surface area contributed by atoms with Gasteiger partial charge in [-0.15, -0.1) is 0 Å². The van der Waals surface area contributed by atoms with Gasteiger partial charge in [-0.2, -0.15) is 0 Å². The molecule has 0 bridgehead atoms. The minimum atomic E-state index is -3.61. The third-order valence-corrected chi connectivity index (χ3v) is 3.60. The lowest BCUT2D eigenvalue weighted by Gasteiger charge is -2.11. The van der Waals surface area contributed by atoms with Crippen LogP contribution in [0.5, 0.6) is 5.75 Å². The maximum Gasteiger partial charge on any atom is 0.244 e. The normalized spacial score (nSPS) is 11.5. The molecule has 0 aliphatic carbocycles. The topological polar surface area (TPSA) is 90.7 Å². The van der Waals surface area contributed by atoms with Crippen LogP contribution in [0.4, 0.5) is 0 Å². The summed E-state index contributed by atoms with van der Waals surface area (Å²) in [6.07, 6.45) is 0. The van der Waals surface area contributed by atoms with Crippen LogP contribution in [0.3, 0.4) is 0 Å². The highest BCUT2D eigenvalue weighted by atomic mass is 32.2. The maximum absolute atomic E-state index is 12.0. The standard InChI is InChI=1S/C10H16N2O4S/c1-8-3-4-9(15-2)10(7-8)17(13,14)12-5-6-16-11/h3-4,7,12H,5-6,11H2,1-2H3. The van der Waals surface area contributed by atoms with Gasteiger partial charge in [0.1, 0.15) is 10.6 Å². The number of rotatable bonds is 6. The first-order chi connectivity index (χ1) is 8.01. The Labute approximate surface area is 101 Å². The molecule has 1 rings (SSSR count). The summed E-state index contributed by atoms with van der Waals surface area (Å²) in [6, 6.07) is 4.94. The minimum Gasteiger partial charge on any atom is -0.495 e. The molecule has 0 radical (unpaired) electrons. The molecule has 0 aliphatic rings. The van der Waals surface area contributed by atoms with Crippen molar-refractivity contribution in [3.8, 4) is 5.75 Å². The molecule has 6 nitrogen and oxygen atoms in total. The molecule has 96 valence electrons. The molecule has 1 aromatic carbocycles. The smallest absolute Gasteiger partial charge is 0.244 e. The number of nitrogens with two attached hydrogens (primary N) is 1. The van der Waals surface area contributed by atoms with Crippen molar-refractivity contribution in [2.45, 2.75) is 11.8 Å². The van der Waals surface area contributed by atoms with Gasteiger partial charge >= 0.3 is 0 Å². The summed E-state index contributed by atoms with van der Waals surface area (Å²) in [6.45, 7) is 2.02. The van der Waals surface area contributed by atoms with E-state index in [9.17, 15) is 8.42 Å². The number of ether oxygens (including phenoxy) is 1. The molecule has 0 atom stereocenters. The van der Waals surface area contributed by atoms with E-state index in [0.29, 0.717) is 5.75 Å². The molecule has 0 aliphatic heterocycles. The molecule has 0 saturated heterocycles. The highest BCUT2D eigenvalue weighted by Gasteiger charge is 2.18. The van der Waals surface area contributed by atoms with Crippen molar-refractivity contribution in [2.75, 3.05) is 20.3 Å². The van der Waals surface area contributed by atoms with Crippen molar-refractivity contribution in [1.29, 1.82) is 0 Å². The zero-order valence-corrected chi connectivity index (χ0v) is 10.6. The maximum atomic E-state index is 12.0. The Morgan fingerprint density at radius 1 is 1.41 bits per heavy atom. The lowest BCUT2D eigenvalue weighted by Crippen LogP contribution is -2.28. The monoisotopic (exact) mass is 260 g/mol. The van der Waals surface area contributed by atoms with Gasteiger partial charge in [-0.1, -0.05) is 6.07 Å². The van der Waals surface area contributed by atoms with Crippen molar-refractivity contribution in [1.82, 2.24) is 4.72 Å². The molecule has 3 N–H and O–H groups in total. The lowest BCUT2D eigenvalue weighted by molar-refractivity contribution is 0.143. The molecular weight excluding hydrogens is 244 g/mol. The van der Waals surface area contributed by atoms with E-state index in [1.165, 1.54) is 7.11 Å². The van der Waals surface area contributed by atoms with Crippen LogP contribution in [-0.2, 0) is 14.9 Å². The van der Waals surface area contributed by atoms with Crippen molar-refractivity contribution in [3.05, 3.63) is 23.8 Å². The molecule has 1 aromatic rings. The molecule has 17 heavy (non-hydrogen) atoms. The fourth-order valence-electron chi connectivity index (χ4n) is 1.31. The lowest BCUT2D eigenvalue weighted by atomic mass is 10.2. The SMILES string of the molecule is COc1ccc(C)cc1S(=O)(=O)NCCON. The van der Waals surface area contributed by atoms with Gasteiger partial charge in [-0.3, -0.25) is 0 Å². The Hall–Kier alpha value is -1.15. The van der Waals surface area contributed by atoms with E-state index in [1.807, 2.05) is 0 Å². The summed E-state index contributed by atoms with van der Waals surface area (Å²) in [5.41, 5.74) is 0.834. The van der Waals surface area contributed by atoms with E-state index in [0.717, 1.165) is 5.56 Å². The second kappa shape index (κ2) is 5.97. The number of methoxy groups -OCH3 is 1. The van der Waals surface area contributed by atoms with E-state index in [-0.39, 0.29) is 18.0 Å². The van der Waals surface area contributed by atoms with Gasteiger partial charge in [0.05, 0.1) is 13.7 Å². The van der Waals surface area contributed by atoms with Gasteiger partial charge < -0.3 is 9.57 Å². The third-order valence-electron chi connectivity index (χ3n) is 2.12. The number of sulfonamides is 1. The predicted octanol–water partition coefficient (Wildman–Crippen LogP) is 0.172. The average molecular weight is 260 g/mol. The largest absolute Gasteiger partial charge is 0.495 e. The first-order valence-electron chi connectivity index (χ1n) is 4.97. The van der Waals surface area contributed by atoms with Gasteiger partial charge in [0.2, 0.25) is 10.0 Å². The van der Waals surface area contributed by atoms with E-state index >= 15 is 0 Å². The van der Waals surface area contributed by atoms with Crippen molar-refractivity contribution in [3.63, 3.8) is 0 Å². The number of hydrogen-bond donors (Lipinski definition) is 2. The number of hydrogen-bond acceptors (Lipinski definition) is 5. The first kappa shape index (κ1) is 13.9. The van der Waals surface area contributed by atoms with Crippen molar-refractivity contribution < 1.29 is 18.0 Å². The van der Waals surface area contributed by atoms with Gasteiger partial charge in [0.25, 0.3) is 0 Å². The summed E-state index contributed by atoms with van der Waals surface area (Å²) in [5, 5.41) is 0. The zero-order valence-electron chi connectivity index (χ0n) is 9.76. The fraction of sp³-hybridized carbons (Fsp3) is 0.400. The summed E-state index contributed by atoms with van der Waals surface area (Å²) in [5.74, 6) is 5.12. The van der Waals surface area contributed by atoms with Gasteiger partial charge in [0.15, 0.2) is 0 Å². The molecular formula is C10H16N2O4S. The molecule has 0 heterocycles. The Morgan fingerprint density at radius 2 is 2.12 bits per heavy atom. The third kappa shape index (κ3) is 3.67. The van der Waals surface area contributed by atoms with Gasteiger partial charge in [-0.25, -0.2) is 19.0 Å². The highest BCUT2D eigenvalue weighted by molar-refractivity contribution is 7.89. The fourth-order valence-corrected chi connectivity index (χ4v) is 2.57. The van der Waals surface area contributed by atoms with Gasteiger partial charge in [0, 0.05) is 6.54 Å². The second-order valence-electron chi connectivity index (χ2n) is 3.42. The van der Waals surface area contributed by atoms with Crippen LogP contribution in [0.15, 0.2) is 23.1 Å². The number of benzene rings is 1.